The number of imidazole rings is 1. The van der Waals surface area contributed by atoms with E-state index in [0.29, 0.717) is 0 Å². The molecular weight excluding hydrogens is 638 g/mol. The number of ether oxygens (including phenoxy) is 2. The molecule has 9 N–H and O–H groups in total. The summed E-state index contributed by atoms with van der Waals surface area (Å²) in [6.45, 7) is -6.96. The molecule has 18 nitrogen and oxygen atoms in total. The highest BCUT2D eigenvalue weighted by molar-refractivity contribution is 8.08. The van der Waals surface area contributed by atoms with Gasteiger partial charge < -0.3 is 55.1 Å². The van der Waals surface area contributed by atoms with Gasteiger partial charge in [-0.05, 0) is 11.8 Å². The van der Waals surface area contributed by atoms with E-state index in [2.05, 4.69) is 35.7 Å². The summed E-state index contributed by atoms with van der Waals surface area (Å²) in [5.41, 5.74) is 2.76. The quantitative estimate of drug-likeness (QED) is 0.0952. The summed E-state index contributed by atoms with van der Waals surface area (Å²) < 4.78 is 67.6. The Bertz CT molecular complexity index is 1440. The molecule has 7 unspecified atom stereocenters. The SMILES string of the molecule is C#C[C@@]1(F)[C@H](O)[C@@H](COP(O)(=S)OP(=O)(O)OC2OC([C@@H](F)CO)C(O)C(O)C2O)O[C@H]1c1cnc2c(N)ncnn12. The molecule has 2 fully saturated rings. The summed E-state index contributed by atoms with van der Waals surface area (Å²) >= 11 is 4.67. The highest BCUT2D eigenvalue weighted by Gasteiger charge is 2.58. The van der Waals surface area contributed by atoms with Gasteiger partial charge in [0.05, 0.1) is 25.1 Å². The Kier molecular flexibility index (Phi) is 9.67. The van der Waals surface area contributed by atoms with Crippen molar-refractivity contribution in [3.05, 3.63) is 18.2 Å². The van der Waals surface area contributed by atoms with Crippen LogP contribution in [0.25, 0.3) is 5.65 Å². The number of fused-ring (bicyclic) bond motifs is 1. The van der Waals surface area contributed by atoms with Gasteiger partial charge in [-0.3, -0.25) is 4.52 Å². The number of aromatic nitrogens is 4. The van der Waals surface area contributed by atoms with E-state index in [-0.39, 0.29) is 17.2 Å². The molecule has 0 bridgehead atoms. The largest absolute Gasteiger partial charge is 0.481 e. The van der Waals surface area contributed by atoms with Crippen LogP contribution in [0.1, 0.15) is 11.8 Å². The summed E-state index contributed by atoms with van der Waals surface area (Å²) in [6.07, 6.45) is -11.1. The van der Waals surface area contributed by atoms with Gasteiger partial charge in [0.2, 0.25) is 5.67 Å². The lowest BCUT2D eigenvalue weighted by Crippen LogP contribution is -2.60. The molecule has 0 aliphatic carbocycles. The lowest BCUT2D eigenvalue weighted by Gasteiger charge is -2.41. The molecule has 0 aromatic carbocycles. The van der Waals surface area contributed by atoms with Gasteiger partial charge in [-0.25, -0.2) is 32.1 Å². The van der Waals surface area contributed by atoms with Crippen LogP contribution in [0, 0.1) is 12.3 Å². The van der Waals surface area contributed by atoms with Crippen molar-refractivity contribution in [1.29, 1.82) is 0 Å². The van der Waals surface area contributed by atoms with E-state index in [1.54, 1.807) is 5.92 Å². The van der Waals surface area contributed by atoms with Crippen molar-refractivity contribution in [3.8, 4) is 12.3 Å². The summed E-state index contributed by atoms with van der Waals surface area (Å²) in [5, 5.41) is 53.2. The predicted molar refractivity (Wildman–Crippen MR) is 135 cm³/mol. The topological polar surface area (TPSA) is 274 Å². The Labute approximate surface area is 239 Å². The molecular formula is C19H25F2N5O13P2S. The fraction of sp³-hybridized carbons (Fsp3) is 0.632. The van der Waals surface area contributed by atoms with Crippen LogP contribution in [0.5, 0.6) is 0 Å². The number of hydrogen-bond acceptors (Lipinski definition) is 16. The molecule has 42 heavy (non-hydrogen) atoms. The van der Waals surface area contributed by atoms with Crippen molar-refractivity contribution >= 4 is 37.8 Å². The number of rotatable bonds is 10. The molecule has 2 aliphatic rings. The lowest BCUT2D eigenvalue weighted by atomic mass is 9.92. The summed E-state index contributed by atoms with van der Waals surface area (Å²) in [5.74, 6) is 1.74. The smallest absolute Gasteiger partial charge is 0.393 e. The van der Waals surface area contributed by atoms with Crippen LogP contribution in [-0.2, 0) is 39.2 Å². The maximum absolute atomic E-state index is 15.8. The van der Waals surface area contributed by atoms with Gasteiger partial charge in [0, 0.05) is 0 Å². The number of alkyl halides is 2. The highest BCUT2D eigenvalue weighted by Crippen LogP contribution is 2.62. The third kappa shape index (κ3) is 6.34. The third-order valence-electron chi connectivity index (χ3n) is 6.31. The highest BCUT2D eigenvalue weighted by atomic mass is 32.5. The molecule has 0 saturated carbocycles. The van der Waals surface area contributed by atoms with Crippen LogP contribution < -0.4 is 5.73 Å². The molecule has 2 saturated heterocycles. The first-order valence-corrected chi connectivity index (χ1v) is 15.7. The monoisotopic (exact) mass is 663 g/mol. The second-order valence-electron chi connectivity index (χ2n) is 9.03. The van der Waals surface area contributed by atoms with Gasteiger partial charge in [-0.15, -0.1) is 6.42 Å². The molecule has 23 heteroatoms. The standard InChI is InChI=1S/C19H25F2N5O13P2S/c1-2-19(21)14(31)9(36-15(19)8-3-23-17-16(22)24-6-25-26(8)17)5-35-41(34,42)39-40(32,33)38-18-12(30)10(28)11(29)13(37-18)7(20)4-27/h1,3,6-7,9-15,18,27-31H,4-5H2,(H,32,33)(H,34,42)(H2,22,24,25)/t7-,9+,10?,11?,12?,13?,14+,15-,18?,19+,41?/m0/s1. The minimum absolute atomic E-state index is 0.0291. The number of phosphoric ester groups is 1. The first kappa shape index (κ1) is 33.1. The molecule has 12 atom stereocenters. The van der Waals surface area contributed by atoms with Crippen LogP contribution >= 0.6 is 14.5 Å². The van der Waals surface area contributed by atoms with Crippen LogP contribution in [-0.4, -0.2) is 123 Å². The average molecular weight is 663 g/mol. The maximum atomic E-state index is 15.8. The second kappa shape index (κ2) is 12.3. The normalized spacial score (nSPS) is 37.1. The number of anilines is 1. The number of phosphoric acid groups is 1. The van der Waals surface area contributed by atoms with Gasteiger partial charge in [0.1, 0.15) is 49.1 Å². The Morgan fingerprint density at radius 3 is 2.57 bits per heavy atom. The van der Waals surface area contributed by atoms with E-state index in [1.165, 1.54) is 0 Å². The molecule has 2 aromatic heterocycles. The second-order valence-corrected chi connectivity index (χ2v) is 13.4. The van der Waals surface area contributed by atoms with Crippen molar-refractivity contribution in [2.24, 2.45) is 0 Å². The molecule has 234 valence electrons. The van der Waals surface area contributed by atoms with E-state index in [0.717, 1.165) is 17.0 Å². The van der Waals surface area contributed by atoms with Crippen molar-refractivity contribution in [1.82, 2.24) is 19.6 Å². The van der Waals surface area contributed by atoms with Gasteiger partial charge in [-0.2, -0.15) is 5.10 Å². The molecule has 0 spiro atoms. The molecule has 0 radical (unpaired) electrons. The summed E-state index contributed by atoms with van der Waals surface area (Å²) in [7, 11) is -5.56. The van der Waals surface area contributed by atoms with Gasteiger partial charge in [0.15, 0.2) is 23.9 Å². The van der Waals surface area contributed by atoms with Gasteiger partial charge in [0.25, 0.3) is 0 Å². The van der Waals surface area contributed by atoms with Crippen LogP contribution in [0.4, 0.5) is 14.6 Å². The first-order chi connectivity index (χ1) is 19.5. The van der Waals surface area contributed by atoms with Gasteiger partial charge in [-0.1, -0.05) is 5.92 Å². The molecule has 4 heterocycles. The first-order valence-electron chi connectivity index (χ1n) is 11.6. The zero-order valence-electron chi connectivity index (χ0n) is 20.8. The van der Waals surface area contributed by atoms with Crippen molar-refractivity contribution < 1.29 is 71.5 Å². The number of nitrogens with two attached hydrogens (primary N) is 1. The fourth-order valence-corrected chi connectivity index (χ4v) is 7.32. The van der Waals surface area contributed by atoms with Crippen molar-refractivity contribution in [3.63, 3.8) is 0 Å². The Hall–Kier alpha value is -1.83. The van der Waals surface area contributed by atoms with Gasteiger partial charge >= 0.3 is 14.5 Å². The van der Waals surface area contributed by atoms with E-state index in [9.17, 15) is 39.2 Å². The number of nitrogens with zero attached hydrogens (tertiary/aromatic N) is 4. The van der Waals surface area contributed by atoms with E-state index in [1.807, 2.05) is 0 Å². The van der Waals surface area contributed by atoms with E-state index < -0.39 is 88.6 Å². The zero-order valence-corrected chi connectivity index (χ0v) is 23.5. The summed E-state index contributed by atoms with van der Waals surface area (Å²) in [4.78, 5) is 28.1. The van der Waals surface area contributed by atoms with Crippen LogP contribution in [0.15, 0.2) is 12.5 Å². The van der Waals surface area contributed by atoms with Crippen molar-refractivity contribution in [2.75, 3.05) is 18.9 Å². The number of aliphatic hydroxyl groups excluding tert-OH is 5. The van der Waals surface area contributed by atoms with Crippen LogP contribution in [0.2, 0.25) is 0 Å². The summed E-state index contributed by atoms with van der Waals surface area (Å²) in [6, 6.07) is 0. The molecule has 0 amide bonds. The minimum atomic E-state index is -5.56. The molecule has 4 rings (SSSR count). The van der Waals surface area contributed by atoms with E-state index >= 15 is 4.39 Å². The molecule has 2 aromatic rings. The van der Waals surface area contributed by atoms with Crippen molar-refractivity contribution in [2.45, 2.75) is 60.9 Å². The number of hydrogen-bond donors (Lipinski definition) is 8. The third-order valence-corrected chi connectivity index (χ3v) is 9.82. The molecule has 2 aliphatic heterocycles. The number of halogens is 2. The minimum Gasteiger partial charge on any atom is -0.393 e. The Balaban J connectivity index is 1.44. The Morgan fingerprint density at radius 1 is 1.24 bits per heavy atom. The maximum Gasteiger partial charge on any atom is 0.481 e. The van der Waals surface area contributed by atoms with E-state index in [4.69, 9.17) is 31.3 Å². The zero-order chi connectivity index (χ0) is 31.2. The average Bonchev–Trinajstić information content (AvgIpc) is 3.46. The predicted octanol–water partition coefficient (Wildman–Crippen LogP) is -2.65. The lowest BCUT2D eigenvalue weighted by molar-refractivity contribution is -0.287. The number of nitrogen functional groups attached to an aromatic ring is 1. The van der Waals surface area contributed by atoms with Crippen LogP contribution in [0.3, 0.4) is 0 Å². The number of terminal acetylenes is 1. The Morgan fingerprint density at radius 2 is 1.93 bits per heavy atom. The number of aliphatic hydroxyl groups is 5. The fourth-order valence-electron chi connectivity index (χ4n) is 4.22.